The smallest absolute Gasteiger partial charge is 0.328 e. The molecule has 0 heterocycles. The van der Waals surface area contributed by atoms with Crippen molar-refractivity contribution < 1.29 is 14.3 Å². The Hall–Kier alpha value is -1.84. The molecule has 0 aliphatic carbocycles. The van der Waals surface area contributed by atoms with Gasteiger partial charge in [-0.1, -0.05) is 53.2 Å². The molecule has 0 aromatic heterocycles. The van der Waals surface area contributed by atoms with E-state index in [1.54, 1.807) is 12.1 Å². The quantitative estimate of drug-likeness (QED) is 0.849. The maximum absolute atomic E-state index is 12.3. The minimum Gasteiger partial charge on any atom is -0.467 e. The third kappa shape index (κ3) is 4.58. The fourth-order valence-electron chi connectivity index (χ4n) is 2.14. The van der Waals surface area contributed by atoms with Crippen LogP contribution in [0.25, 0.3) is 0 Å². The minimum absolute atomic E-state index is 0.0187. The van der Waals surface area contributed by atoms with E-state index in [0.29, 0.717) is 5.56 Å². The third-order valence-electron chi connectivity index (χ3n) is 3.97. The Labute approximate surface area is 133 Å². The van der Waals surface area contributed by atoms with Gasteiger partial charge in [0.15, 0.2) is 0 Å². The molecule has 0 aliphatic heterocycles. The van der Waals surface area contributed by atoms with Crippen molar-refractivity contribution in [3.8, 4) is 0 Å². The molecule has 0 aliphatic rings. The average molecular weight is 305 g/mol. The van der Waals surface area contributed by atoms with Crippen molar-refractivity contribution in [2.24, 2.45) is 5.92 Å². The number of carbonyl (C=O) groups excluding carboxylic acids is 2. The maximum Gasteiger partial charge on any atom is 0.328 e. The predicted octanol–water partition coefficient (Wildman–Crippen LogP) is 3.30. The Kier molecular flexibility index (Phi) is 6.15. The van der Waals surface area contributed by atoms with E-state index in [1.165, 1.54) is 7.11 Å². The van der Waals surface area contributed by atoms with Crippen LogP contribution in [0.1, 0.15) is 57.0 Å². The van der Waals surface area contributed by atoms with Gasteiger partial charge in [-0.3, -0.25) is 4.79 Å². The number of benzene rings is 1. The number of esters is 1. The summed E-state index contributed by atoms with van der Waals surface area (Å²) in [5, 5.41) is 2.78. The standard InChI is InChI=1S/C18H27NO3/c1-7-12(2)15(17(21)22-6)19-16(20)13-8-10-14(11-9-13)18(3,4)5/h8-12,15H,7H2,1-6H3,(H,19,20)/t12-,15+/m1/s1. The third-order valence-corrected chi connectivity index (χ3v) is 3.97. The zero-order valence-corrected chi connectivity index (χ0v) is 14.4. The van der Waals surface area contributed by atoms with Gasteiger partial charge in [0.25, 0.3) is 5.91 Å². The monoisotopic (exact) mass is 305 g/mol. The van der Waals surface area contributed by atoms with Crippen LogP contribution in [0.2, 0.25) is 0 Å². The van der Waals surface area contributed by atoms with E-state index in [1.807, 2.05) is 26.0 Å². The first kappa shape index (κ1) is 18.2. The molecule has 0 bridgehead atoms. The van der Waals surface area contributed by atoms with Gasteiger partial charge in [-0.05, 0) is 29.0 Å². The first-order chi connectivity index (χ1) is 10.2. The van der Waals surface area contributed by atoms with Crippen LogP contribution in [-0.4, -0.2) is 25.0 Å². The molecule has 2 atom stereocenters. The lowest BCUT2D eigenvalue weighted by molar-refractivity contribution is -0.144. The number of methoxy groups -OCH3 is 1. The van der Waals surface area contributed by atoms with Crippen molar-refractivity contribution in [2.75, 3.05) is 7.11 Å². The fourth-order valence-corrected chi connectivity index (χ4v) is 2.14. The van der Waals surface area contributed by atoms with Gasteiger partial charge in [0.1, 0.15) is 6.04 Å². The van der Waals surface area contributed by atoms with Crippen molar-refractivity contribution in [3.63, 3.8) is 0 Å². The lowest BCUT2D eigenvalue weighted by Crippen LogP contribution is -2.45. The van der Waals surface area contributed by atoms with Crippen LogP contribution in [0.5, 0.6) is 0 Å². The molecule has 22 heavy (non-hydrogen) atoms. The fraction of sp³-hybridized carbons (Fsp3) is 0.556. The zero-order chi connectivity index (χ0) is 16.9. The molecule has 0 unspecified atom stereocenters. The van der Waals surface area contributed by atoms with Gasteiger partial charge in [-0.15, -0.1) is 0 Å². The van der Waals surface area contributed by atoms with Crippen LogP contribution in [0.4, 0.5) is 0 Å². The first-order valence-electron chi connectivity index (χ1n) is 7.70. The van der Waals surface area contributed by atoms with Gasteiger partial charge in [-0.2, -0.15) is 0 Å². The number of hydrogen-bond acceptors (Lipinski definition) is 3. The van der Waals surface area contributed by atoms with Crippen LogP contribution in [0, 0.1) is 5.92 Å². The largest absolute Gasteiger partial charge is 0.467 e. The van der Waals surface area contributed by atoms with Gasteiger partial charge in [-0.25, -0.2) is 4.79 Å². The second-order valence-corrected chi connectivity index (χ2v) is 6.69. The number of rotatable bonds is 5. The number of carbonyl (C=O) groups is 2. The molecule has 0 saturated carbocycles. The minimum atomic E-state index is -0.621. The number of ether oxygens (including phenoxy) is 1. The molecule has 4 nitrogen and oxygen atoms in total. The summed E-state index contributed by atoms with van der Waals surface area (Å²) in [5.41, 5.74) is 1.75. The summed E-state index contributed by atoms with van der Waals surface area (Å²) in [6, 6.07) is 6.86. The Morgan fingerprint density at radius 3 is 2.14 bits per heavy atom. The molecule has 1 rings (SSSR count). The molecule has 4 heteroatoms. The highest BCUT2D eigenvalue weighted by Crippen LogP contribution is 2.22. The van der Waals surface area contributed by atoms with E-state index in [9.17, 15) is 9.59 Å². The second kappa shape index (κ2) is 7.43. The molecule has 1 aromatic carbocycles. The Balaban J connectivity index is 2.88. The SMILES string of the molecule is CC[C@@H](C)[C@H](NC(=O)c1ccc(C(C)(C)C)cc1)C(=O)OC. The van der Waals surface area contributed by atoms with Crippen molar-refractivity contribution in [1.29, 1.82) is 0 Å². The molecule has 122 valence electrons. The van der Waals surface area contributed by atoms with Crippen LogP contribution in [0.3, 0.4) is 0 Å². The van der Waals surface area contributed by atoms with Gasteiger partial charge in [0.2, 0.25) is 0 Å². The number of hydrogen-bond donors (Lipinski definition) is 1. The van der Waals surface area contributed by atoms with E-state index >= 15 is 0 Å². The highest BCUT2D eigenvalue weighted by Gasteiger charge is 2.27. The summed E-state index contributed by atoms with van der Waals surface area (Å²) >= 11 is 0. The molecule has 1 amide bonds. The van der Waals surface area contributed by atoms with Gasteiger partial charge >= 0.3 is 5.97 Å². The summed E-state index contributed by atoms with van der Waals surface area (Å²) in [7, 11) is 1.34. The summed E-state index contributed by atoms with van der Waals surface area (Å²) < 4.78 is 4.78. The van der Waals surface area contributed by atoms with Crippen LogP contribution >= 0.6 is 0 Å². The summed E-state index contributed by atoms with van der Waals surface area (Å²) in [4.78, 5) is 24.2. The molecule has 0 fully saturated rings. The Bertz CT molecular complexity index is 514. The molecular formula is C18H27NO3. The zero-order valence-electron chi connectivity index (χ0n) is 14.4. The van der Waals surface area contributed by atoms with E-state index in [2.05, 4.69) is 26.1 Å². The topological polar surface area (TPSA) is 55.4 Å². The lowest BCUT2D eigenvalue weighted by atomic mass is 9.86. The highest BCUT2D eigenvalue weighted by atomic mass is 16.5. The average Bonchev–Trinajstić information content (AvgIpc) is 2.50. The van der Waals surface area contributed by atoms with E-state index in [4.69, 9.17) is 4.74 Å². The van der Waals surface area contributed by atoms with Gasteiger partial charge in [0.05, 0.1) is 7.11 Å². The lowest BCUT2D eigenvalue weighted by Gasteiger charge is -2.22. The molecular weight excluding hydrogens is 278 g/mol. The number of amides is 1. The number of nitrogens with one attached hydrogen (secondary N) is 1. The Morgan fingerprint density at radius 2 is 1.73 bits per heavy atom. The van der Waals surface area contributed by atoms with E-state index in [0.717, 1.165) is 12.0 Å². The molecule has 0 spiro atoms. The van der Waals surface area contributed by atoms with E-state index < -0.39 is 12.0 Å². The van der Waals surface area contributed by atoms with Crippen molar-refractivity contribution in [1.82, 2.24) is 5.32 Å². The van der Waals surface area contributed by atoms with Crippen LogP contribution in [0.15, 0.2) is 24.3 Å². The van der Waals surface area contributed by atoms with E-state index in [-0.39, 0.29) is 17.2 Å². The van der Waals surface area contributed by atoms with Gasteiger partial charge in [0, 0.05) is 5.56 Å². The summed E-state index contributed by atoms with van der Waals surface area (Å²) in [6.07, 6.45) is 0.781. The molecule has 0 radical (unpaired) electrons. The van der Waals surface area contributed by atoms with Crippen LogP contribution < -0.4 is 5.32 Å². The maximum atomic E-state index is 12.3. The predicted molar refractivity (Wildman–Crippen MR) is 87.9 cm³/mol. The summed E-state index contributed by atoms with van der Waals surface area (Å²) in [6.45, 7) is 10.3. The van der Waals surface area contributed by atoms with Crippen molar-refractivity contribution in [2.45, 2.75) is 52.5 Å². The highest BCUT2D eigenvalue weighted by molar-refractivity contribution is 5.96. The molecule has 1 N–H and O–H groups in total. The summed E-state index contributed by atoms with van der Waals surface area (Å²) in [5.74, 6) is -0.643. The van der Waals surface area contributed by atoms with Gasteiger partial charge < -0.3 is 10.1 Å². The van der Waals surface area contributed by atoms with Crippen molar-refractivity contribution >= 4 is 11.9 Å². The second-order valence-electron chi connectivity index (χ2n) is 6.69. The van der Waals surface area contributed by atoms with Crippen LogP contribution in [-0.2, 0) is 14.9 Å². The molecule has 0 saturated heterocycles. The first-order valence-corrected chi connectivity index (χ1v) is 7.70. The molecule has 1 aromatic rings. The Morgan fingerprint density at radius 1 is 1.18 bits per heavy atom. The normalized spacial score (nSPS) is 14.1. The van der Waals surface area contributed by atoms with Crippen molar-refractivity contribution in [3.05, 3.63) is 35.4 Å².